The second-order valence-electron chi connectivity index (χ2n) is 5.79. The van der Waals surface area contributed by atoms with Gasteiger partial charge in [0, 0.05) is 39.3 Å². The van der Waals surface area contributed by atoms with E-state index < -0.39 is 39.1 Å². The van der Waals surface area contributed by atoms with E-state index in [-0.39, 0.29) is 12.4 Å². The topological polar surface area (TPSA) is 90.5 Å². The van der Waals surface area contributed by atoms with E-state index in [0.29, 0.717) is 19.2 Å². The molecule has 0 bridgehead atoms. The summed E-state index contributed by atoms with van der Waals surface area (Å²) in [6, 6.07) is 3.36. The number of hydrogen-bond donors (Lipinski definition) is 3. The van der Waals surface area contributed by atoms with Crippen LogP contribution in [0, 0.1) is 0 Å². The van der Waals surface area contributed by atoms with Gasteiger partial charge >= 0.3 is 6.18 Å². The molecule has 1 aliphatic rings. The first kappa shape index (κ1) is 23.6. The van der Waals surface area contributed by atoms with Crippen LogP contribution in [0.1, 0.15) is 5.56 Å². The van der Waals surface area contributed by atoms with E-state index in [2.05, 4.69) is 15.5 Å². The number of piperazine rings is 1. The van der Waals surface area contributed by atoms with Crippen molar-refractivity contribution in [1.82, 2.24) is 20.3 Å². The van der Waals surface area contributed by atoms with Gasteiger partial charge in [0.2, 0.25) is 15.9 Å². The fourth-order valence-electron chi connectivity index (χ4n) is 2.43. The Hall–Kier alpha value is -1.40. The summed E-state index contributed by atoms with van der Waals surface area (Å²) in [6.07, 6.45) is -4.65. The molecule has 1 saturated heterocycles. The van der Waals surface area contributed by atoms with Gasteiger partial charge in [-0.05, 0) is 18.2 Å². The largest absolute Gasteiger partial charge is 0.416 e. The molecule has 1 aromatic rings. The monoisotopic (exact) mass is 430 g/mol. The molecule has 7 nitrogen and oxygen atoms in total. The highest BCUT2D eigenvalue weighted by atomic mass is 35.5. The number of sulfonamides is 1. The van der Waals surface area contributed by atoms with E-state index >= 15 is 0 Å². The van der Waals surface area contributed by atoms with Gasteiger partial charge in [0.15, 0.2) is 0 Å². The number of amides is 1. The number of alkyl halides is 3. The molecular formula is C15H22ClF3N4O3S. The third-order valence-corrected chi connectivity index (χ3v) is 5.25. The summed E-state index contributed by atoms with van der Waals surface area (Å²) in [5.41, 5.74) is -1.07. The van der Waals surface area contributed by atoms with Gasteiger partial charge in [-0.25, -0.2) is 13.1 Å². The summed E-state index contributed by atoms with van der Waals surface area (Å²) in [7, 11) is -4.21. The SMILES string of the molecule is Cl.O=C(CNS(=O)(=O)c1cccc(C(F)(F)F)c1)NCCN1CCNCC1. The first-order valence-corrected chi connectivity index (χ1v) is 9.53. The fourth-order valence-corrected chi connectivity index (χ4v) is 3.46. The Morgan fingerprint density at radius 1 is 1.22 bits per heavy atom. The molecule has 0 radical (unpaired) electrons. The minimum atomic E-state index is -4.65. The molecule has 1 aromatic carbocycles. The van der Waals surface area contributed by atoms with Crippen LogP contribution in [-0.2, 0) is 21.0 Å². The number of nitrogens with one attached hydrogen (secondary N) is 3. The second kappa shape index (κ2) is 10.2. The van der Waals surface area contributed by atoms with E-state index in [9.17, 15) is 26.4 Å². The van der Waals surface area contributed by atoms with Crippen LogP contribution < -0.4 is 15.4 Å². The van der Waals surface area contributed by atoms with Crippen LogP contribution in [0.4, 0.5) is 13.2 Å². The maximum absolute atomic E-state index is 12.7. The summed E-state index contributed by atoms with van der Waals surface area (Å²) in [5, 5.41) is 5.79. The lowest BCUT2D eigenvalue weighted by Gasteiger charge is -2.27. The number of nitrogens with zero attached hydrogens (tertiary/aromatic N) is 1. The lowest BCUT2D eigenvalue weighted by molar-refractivity contribution is -0.137. The van der Waals surface area contributed by atoms with Crippen LogP contribution >= 0.6 is 12.4 Å². The highest BCUT2D eigenvalue weighted by Gasteiger charge is 2.31. The van der Waals surface area contributed by atoms with Crippen LogP contribution in [0.2, 0.25) is 0 Å². The molecule has 1 fully saturated rings. The number of carbonyl (C=O) groups excluding carboxylic acids is 1. The molecule has 154 valence electrons. The van der Waals surface area contributed by atoms with Crippen molar-refractivity contribution in [3.05, 3.63) is 29.8 Å². The van der Waals surface area contributed by atoms with E-state index in [4.69, 9.17) is 0 Å². The number of halogens is 4. The molecule has 12 heteroatoms. The summed E-state index contributed by atoms with van der Waals surface area (Å²) < 4.78 is 64.2. The van der Waals surface area contributed by atoms with Gasteiger partial charge in [0.25, 0.3) is 0 Å². The molecular weight excluding hydrogens is 409 g/mol. The van der Waals surface area contributed by atoms with Crippen molar-refractivity contribution >= 4 is 28.3 Å². The average Bonchev–Trinajstić information content (AvgIpc) is 2.60. The maximum atomic E-state index is 12.7. The highest BCUT2D eigenvalue weighted by molar-refractivity contribution is 7.89. The van der Waals surface area contributed by atoms with Crippen molar-refractivity contribution in [2.45, 2.75) is 11.1 Å². The summed E-state index contributed by atoms with van der Waals surface area (Å²) in [4.78, 5) is 13.4. The summed E-state index contributed by atoms with van der Waals surface area (Å²) in [6.45, 7) is 3.98. The van der Waals surface area contributed by atoms with Crippen molar-refractivity contribution in [1.29, 1.82) is 0 Å². The molecule has 0 aliphatic carbocycles. The van der Waals surface area contributed by atoms with Crippen molar-refractivity contribution in [2.75, 3.05) is 45.8 Å². The normalized spacial score (nSPS) is 15.8. The van der Waals surface area contributed by atoms with Crippen molar-refractivity contribution in [2.24, 2.45) is 0 Å². The van der Waals surface area contributed by atoms with Crippen molar-refractivity contribution in [3.63, 3.8) is 0 Å². The molecule has 3 N–H and O–H groups in total. The zero-order valence-electron chi connectivity index (χ0n) is 14.4. The standard InChI is InChI=1S/C15H21F3N4O3S.ClH/c16-15(17,18)12-2-1-3-13(10-12)26(24,25)21-11-14(23)20-6-9-22-7-4-19-5-8-22;/h1-3,10,19,21H,4-9,11H2,(H,20,23);1H. The summed E-state index contributed by atoms with van der Waals surface area (Å²) in [5.74, 6) is -0.546. The van der Waals surface area contributed by atoms with Crippen LogP contribution in [0.25, 0.3) is 0 Å². The molecule has 1 heterocycles. The third-order valence-electron chi connectivity index (χ3n) is 3.85. The minimum Gasteiger partial charge on any atom is -0.354 e. The molecule has 27 heavy (non-hydrogen) atoms. The van der Waals surface area contributed by atoms with Gasteiger partial charge in [0.05, 0.1) is 17.0 Å². The molecule has 1 aliphatic heterocycles. The van der Waals surface area contributed by atoms with Gasteiger partial charge in [0.1, 0.15) is 0 Å². The Labute approximate surface area is 162 Å². The van der Waals surface area contributed by atoms with Crippen LogP contribution in [0.3, 0.4) is 0 Å². The smallest absolute Gasteiger partial charge is 0.354 e. The van der Waals surface area contributed by atoms with Gasteiger partial charge in [-0.15, -0.1) is 12.4 Å². The molecule has 0 saturated carbocycles. The van der Waals surface area contributed by atoms with E-state index in [1.165, 1.54) is 0 Å². The van der Waals surface area contributed by atoms with Gasteiger partial charge in [-0.2, -0.15) is 13.2 Å². The Balaban J connectivity index is 0.00000364. The van der Waals surface area contributed by atoms with Crippen molar-refractivity contribution < 1.29 is 26.4 Å². The zero-order valence-corrected chi connectivity index (χ0v) is 16.0. The van der Waals surface area contributed by atoms with Gasteiger partial charge in [-0.1, -0.05) is 6.07 Å². The highest BCUT2D eigenvalue weighted by Crippen LogP contribution is 2.30. The predicted octanol–water partition coefficient (Wildman–Crippen LogP) is 0.427. The maximum Gasteiger partial charge on any atom is 0.416 e. The number of hydrogen-bond acceptors (Lipinski definition) is 5. The second-order valence-corrected chi connectivity index (χ2v) is 7.56. The quantitative estimate of drug-likeness (QED) is 0.583. The molecule has 0 unspecified atom stereocenters. The Morgan fingerprint density at radius 3 is 2.52 bits per heavy atom. The first-order chi connectivity index (χ1) is 12.2. The Morgan fingerprint density at radius 2 is 1.89 bits per heavy atom. The minimum absolute atomic E-state index is 0. The molecule has 0 spiro atoms. The Kier molecular flexibility index (Phi) is 8.95. The van der Waals surface area contributed by atoms with Gasteiger partial charge in [-0.3, -0.25) is 9.69 Å². The van der Waals surface area contributed by atoms with Crippen LogP contribution in [-0.4, -0.2) is 65.0 Å². The number of rotatable bonds is 7. The average molecular weight is 431 g/mol. The van der Waals surface area contributed by atoms with Crippen molar-refractivity contribution in [3.8, 4) is 0 Å². The lowest BCUT2D eigenvalue weighted by atomic mass is 10.2. The lowest BCUT2D eigenvalue weighted by Crippen LogP contribution is -2.47. The first-order valence-electron chi connectivity index (χ1n) is 8.05. The number of benzene rings is 1. The Bertz CT molecular complexity index is 725. The van der Waals surface area contributed by atoms with E-state index in [1.807, 2.05) is 4.72 Å². The zero-order chi connectivity index (χ0) is 19.2. The molecule has 1 amide bonds. The molecule has 2 rings (SSSR count). The van der Waals surface area contributed by atoms with E-state index in [0.717, 1.165) is 44.4 Å². The molecule has 0 atom stereocenters. The fraction of sp³-hybridized carbons (Fsp3) is 0.533. The van der Waals surface area contributed by atoms with Crippen LogP contribution in [0.5, 0.6) is 0 Å². The number of carbonyl (C=O) groups is 1. The molecule has 0 aromatic heterocycles. The predicted molar refractivity (Wildman–Crippen MR) is 96.2 cm³/mol. The third kappa shape index (κ3) is 7.62. The van der Waals surface area contributed by atoms with Gasteiger partial charge < -0.3 is 10.6 Å². The van der Waals surface area contributed by atoms with E-state index in [1.54, 1.807) is 0 Å². The van der Waals surface area contributed by atoms with Crippen LogP contribution in [0.15, 0.2) is 29.2 Å². The summed E-state index contributed by atoms with van der Waals surface area (Å²) >= 11 is 0.